The zero-order valence-corrected chi connectivity index (χ0v) is 14.0. The monoisotopic (exact) mass is 325 g/mol. The summed E-state index contributed by atoms with van der Waals surface area (Å²) in [6, 6.07) is 0. The fraction of sp³-hybridized carbons (Fsp3) is 0.917. The van der Waals surface area contributed by atoms with E-state index in [-0.39, 0.29) is 17.6 Å². The molecule has 0 spiro atoms. The van der Waals surface area contributed by atoms with Crippen LogP contribution in [0.2, 0.25) is 0 Å². The molecule has 0 bridgehead atoms. The van der Waals surface area contributed by atoms with Gasteiger partial charge in [0.05, 0.1) is 12.3 Å². The van der Waals surface area contributed by atoms with Crippen LogP contribution in [-0.2, 0) is 14.8 Å². The van der Waals surface area contributed by atoms with E-state index < -0.39 is 10.0 Å². The second kappa shape index (κ2) is 7.59. The van der Waals surface area contributed by atoms with Crippen molar-refractivity contribution in [1.82, 2.24) is 14.1 Å². The highest BCUT2D eigenvalue weighted by Crippen LogP contribution is 2.12. The predicted molar refractivity (Wildman–Crippen MR) is 80.4 cm³/mol. The minimum absolute atomic E-state index is 0.0390. The smallest absolute Gasteiger partial charge is 0.236 e. The van der Waals surface area contributed by atoms with Crippen LogP contribution in [0.5, 0.6) is 0 Å². The average Bonchev–Trinajstić information content (AvgIpc) is 2.38. The van der Waals surface area contributed by atoms with Gasteiger partial charge in [-0.3, -0.25) is 9.69 Å². The molecule has 1 fully saturated rings. The van der Waals surface area contributed by atoms with Crippen LogP contribution in [0.15, 0.2) is 0 Å². The van der Waals surface area contributed by atoms with Crippen molar-refractivity contribution in [3.05, 3.63) is 0 Å². The molecular formula is C12H24ClN3O3S. The van der Waals surface area contributed by atoms with E-state index in [9.17, 15) is 13.2 Å². The Bertz CT molecular complexity index is 420. The van der Waals surface area contributed by atoms with Crippen molar-refractivity contribution in [2.45, 2.75) is 6.92 Å². The van der Waals surface area contributed by atoms with E-state index >= 15 is 0 Å². The number of carbonyl (C=O) groups excluding carboxylic acids is 1. The lowest BCUT2D eigenvalue weighted by Gasteiger charge is -2.34. The third-order valence-electron chi connectivity index (χ3n) is 3.34. The molecule has 20 heavy (non-hydrogen) atoms. The number of carbonyl (C=O) groups is 1. The zero-order chi connectivity index (χ0) is 15.3. The molecule has 0 N–H and O–H groups in total. The summed E-state index contributed by atoms with van der Waals surface area (Å²) in [6.45, 7) is 4.24. The maximum atomic E-state index is 12.2. The van der Waals surface area contributed by atoms with Crippen LogP contribution < -0.4 is 0 Å². The molecule has 0 radical (unpaired) electrons. The summed E-state index contributed by atoms with van der Waals surface area (Å²) >= 11 is 5.67. The summed E-state index contributed by atoms with van der Waals surface area (Å²) in [5, 5.41) is 0. The molecule has 0 aromatic heterocycles. The van der Waals surface area contributed by atoms with E-state index in [1.165, 1.54) is 4.31 Å². The van der Waals surface area contributed by atoms with Gasteiger partial charge in [0, 0.05) is 46.2 Å². The van der Waals surface area contributed by atoms with E-state index in [1.807, 2.05) is 11.8 Å². The Morgan fingerprint density at radius 2 is 1.80 bits per heavy atom. The number of nitrogens with zero attached hydrogens (tertiary/aromatic N) is 3. The van der Waals surface area contributed by atoms with Crippen molar-refractivity contribution in [1.29, 1.82) is 0 Å². The van der Waals surface area contributed by atoms with Crippen molar-refractivity contribution in [2.24, 2.45) is 5.92 Å². The third kappa shape index (κ3) is 5.20. The Morgan fingerprint density at radius 1 is 1.25 bits per heavy atom. The van der Waals surface area contributed by atoms with Crippen molar-refractivity contribution in [3.63, 3.8) is 0 Å². The molecule has 1 atom stereocenters. The number of amides is 1. The van der Waals surface area contributed by atoms with Crippen molar-refractivity contribution >= 4 is 27.5 Å². The van der Waals surface area contributed by atoms with Gasteiger partial charge >= 0.3 is 0 Å². The van der Waals surface area contributed by atoms with Gasteiger partial charge in [-0.1, -0.05) is 6.92 Å². The van der Waals surface area contributed by atoms with E-state index in [4.69, 9.17) is 11.6 Å². The molecule has 1 saturated heterocycles. The first-order valence-electron chi connectivity index (χ1n) is 6.72. The van der Waals surface area contributed by atoms with Crippen LogP contribution in [0.3, 0.4) is 0 Å². The van der Waals surface area contributed by atoms with Crippen LogP contribution in [0, 0.1) is 5.92 Å². The Morgan fingerprint density at radius 3 is 2.25 bits per heavy atom. The quantitative estimate of drug-likeness (QED) is 0.640. The summed E-state index contributed by atoms with van der Waals surface area (Å²) < 4.78 is 25.8. The van der Waals surface area contributed by atoms with Crippen molar-refractivity contribution in [2.75, 3.05) is 58.5 Å². The summed E-state index contributed by atoms with van der Waals surface area (Å²) in [5.41, 5.74) is 0. The molecule has 1 aliphatic rings. The molecule has 0 aromatic carbocycles. The molecule has 0 aliphatic carbocycles. The van der Waals surface area contributed by atoms with Gasteiger partial charge in [0.15, 0.2) is 0 Å². The Kier molecular flexibility index (Phi) is 6.71. The highest BCUT2D eigenvalue weighted by atomic mass is 35.5. The molecule has 0 aromatic rings. The standard InChI is InChI=1S/C12H24ClN3O3S/c1-11(8-13)10-20(18,19)16-6-4-15(5-7-16)9-12(17)14(2)3/h11H,4-10H2,1-3H3. The molecule has 1 heterocycles. The predicted octanol–water partition coefficient (Wildman–Crippen LogP) is -0.103. The summed E-state index contributed by atoms with van der Waals surface area (Å²) in [6.07, 6.45) is 0. The van der Waals surface area contributed by atoms with E-state index in [1.54, 1.807) is 19.0 Å². The molecule has 1 amide bonds. The summed E-state index contributed by atoms with van der Waals surface area (Å²) in [4.78, 5) is 15.1. The molecule has 118 valence electrons. The van der Waals surface area contributed by atoms with Gasteiger partial charge < -0.3 is 4.90 Å². The largest absolute Gasteiger partial charge is 0.348 e. The normalized spacial score (nSPS) is 19.8. The van der Waals surface area contributed by atoms with Gasteiger partial charge in [0.1, 0.15) is 0 Å². The molecule has 0 saturated carbocycles. The molecule has 6 nitrogen and oxygen atoms in total. The average molecular weight is 326 g/mol. The van der Waals surface area contributed by atoms with Crippen LogP contribution >= 0.6 is 11.6 Å². The number of rotatable bonds is 6. The van der Waals surface area contributed by atoms with E-state index in [0.29, 0.717) is 38.6 Å². The number of hydrogen-bond acceptors (Lipinski definition) is 4. The number of halogens is 1. The van der Waals surface area contributed by atoms with E-state index in [2.05, 4.69) is 0 Å². The lowest BCUT2D eigenvalue weighted by Crippen LogP contribution is -2.51. The second-order valence-corrected chi connectivity index (χ2v) is 7.82. The number of hydrogen-bond donors (Lipinski definition) is 0. The van der Waals surface area contributed by atoms with Crippen molar-refractivity contribution < 1.29 is 13.2 Å². The Hall–Kier alpha value is -0.370. The molecule has 8 heteroatoms. The first kappa shape index (κ1) is 17.7. The van der Waals surface area contributed by atoms with Crippen LogP contribution in [-0.4, -0.2) is 86.9 Å². The summed E-state index contributed by atoms with van der Waals surface area (Å²) in [5.74, 6) is 0.427. The lowest BCUT2D eigenvalue weighted by molar-refractivity contribution is -0.130. The van der Waals surface area contributed by atoms with Crippen molar-refractivity contribution in [3.8, 4) is 0 Å². The van der Waals surface area contributed by atoms with Crippen LogP contribution in [0.25, 0.3) is 0 Å². The maximum Gasteiger partial charge on any atom is 0.236 e. The lowest BCUT2D eigenvalue weighted by atomic mass is 10.3. The van der Waals surface area contributed by atoms with E-state index in [0.717, 1.165) is 0 Å². The van der Waals surface area contributed by atoms with Gasteiger partial charge in [-0.25, -0.2) is 8.42 Å². The number of sulfonamides is 1. The number of alkyl halides is 1. The molecular weight excluding hydrogens is 302 g/mol. The minimum Gasteiger partial charge on any atom is -0.348 e. The summed E-state index contributed by atoms with van der Waals surface area (Å²) in [7, 11) is 0.202. The van der Waals surface area contributed by atoms with Crippen LogP contribution in [0.4, 0.5) is 0 Å². The van der Waals surface area contributed by atoms with Gasteiger partial charge in [0.2, 0.25) is 15.9 Å². The fourth-order valence-corrected chi connectivity index (χ4v) is 4.01. The topological polar surface area (TPSA) is 60.9 Å². The molecule has 1 aliphatic heterocycles. The van der Waals surface area contributed by atoms with Gasteiger partial charge in [-0.05, 0) is 5.92 Å². The first-order chi connectivity index (χ1) is 9.26. The minimum atomic E-state index is -3.24. The highest BCUT2D eigenvalue weighted by Gasteiger charge is 2.28. The molecule has 1 rings (SSSR count). The zero-order valence-electron chi connectivity index (χ0n) is 12.4. The SMILES string of the molecule is CC(CCl)CS(=O)(=O)N1CCN(CC(=O)N(C)C)CC1. The fourth-order valence-electron chi connectivity index (χ4n) is 2.01. The second-order valence-electron chi connectivity index (χ2n) is 5.50. The molecule has 1 unspecified atom stereocenters. The Labute approximate surface area is 126 Å². The Balaban J connectivity index is 2.47. The number of likely N-dealkylation sites (N-methyl/N-ethyl adjacent to an activating group) is 1. The highest BCUT2D eigenvalue weighted by molar-refractivity contribution is 7.89. The van der Waals surface area contributed by atoms with Gasteiger partial charge in [0.25, 0.3) is 0 Å². The van der Waals surface area contributed by atoms with Gasteiger partial charge in [-0.15, -0.1) is 11.6 Å². The first-order valence-corrected chi connectivity index (χ1v) is 8.87. The van der Waals surface area contributed by atoms with Crippen LogP contribution in [0.1, 0.15) is 6.92 Å². The third-order valence-corrected chi connectivity index (χ3v) is 6.01. The number of piperazine rings is 1. The van der Waals surface area contributed by atoms with Gasteiger partial charge in [-0.2, -0.15) is 4.31 Å². The maximum absolute atomic E-state index is 12.2.